The van der Waals surface area contributed by atoms with E-state index in [1.54, 1.807) is 6.07 Å². The van der Waals surface area contributed by atoms with Crippen molar-refractivity contribution < 1.29 is 24.7 Å². The summed E-state index contributed by atoms with van der Waals surface area (Å²) in [6.45, 7) is 0. The number of nitrogens with two attached hydrogens (primary N) is 1. The molecule has 0 aromatic heterocycles. The van der Waals surface area contributed by atoms with Gasteiger partial charge in [0.2, 0.25) is 0 Å². The lowest BCUT2D eigenvalue weighted by Crippen LogP contribution is -2.32. The van der Waals surface area contributed by atoms with E-state index in [2.05, 4.69) is 0 Å². The van der Waals surface area contributed by atoms with E-state index in [1.807, 2.05) is 0 Å². The van der Waals surface area contributed by atoms with Gasteiger partial charge in [0.15, 0.2) is 0 Å². The van der Waals surface area contributed by atoms with Gasteiger partial charge in [0, 0.05) is 6.07 Å². The molecule has 8 heteroatoms. The van der Waals surface area contributed by atoms with E-state index >= 15 is 0 Å². The second-order valence-electron chi connectivity index (χ2n) is 5.14. The molecular weight excluding hydrogens is 316 g/mol. The lowest BCUT2D eigenvalue weighted by atomic mass is 9.97. The first kappa shape index (κ1) is 17.1. The molecule has 0 amide bonds. The summed E-state index contributed by atoms with van der Waals surface area (Å²) in [6.07, 6.45) is -0.00104. The average molecular weight is 330 g/mol. The standard InChI is InChI=1S/C16H14N2O6/c17-13(16(21)22)7-9-4-5-14(18(23)24)12(6-9)10-2-1-3-11(8-10)15(19)20/h1-6,8,13H,7,17H2,(H,19,20)(H,21,22). The number of carboxylic acids is 2. The number of nitro groups is 1. The summed E-state index contributed by atoms with van der Waals surface area (Å²) in [7, 11) is 0. The van der Waals surface area contributed by atoms with Crippen molar-refractivity contribution in [3.8, 4) is 11.1 Å². The highest BCUT2D eigenvalue weighted by Crippen LogP contribution is 2.31. The zero-order valence-electron chi connectivity index (χ0n) is 12.4. The third-order valence-electron chi connectivity index (χ3n) is 3.45. The highest BCUT2D eigenvalue weighted by molar-refractivity contribution is 5.90. The van der Waals surface area contributed by atoms with Crippen molar-refractivity contribution >= 4 is 17.6 Å². The molecule has 2 aromatic rings. The Morgan fingerprint density at radius 2 is 1.88 bits per heavy atom. The van der Waals surface area contributed by atoms with Crippen molar-refractivity contribution in [2.45, 2.75) is 12.5 Å². The third-order valence-corrected chi connectivity index (χ3v) is 3.45. The molecule has 124 valence electrons. The molecule has 0 radical (unpaired) electrons. The summed E-state index contributed by atoms with van der Waals surface area (Å²) in [5, 5.41) is 29.2. The largest absolute Gasteiger partial charge is 0.480 e. The fourth-order valence-electron chi connectivity index (χ4n) is 2.26. The van der Waals surface area contributed by atoms with Crippen molar-refractivity contribution in [2.24, 2.45) is 5.73 Å². The number of aliphatic carboxylic acids is 1. The first-order valence-electron chi connectivity index (χ1n) is 6.89. The second kappa shape index (κ2) is 6.88. The van der Waals surface area contributed by atoms with Gasteiger partial charge in [0.1, 0.15) is 6.04 Å². The fraction of sp³-hybridized carbons (Fsp3) is 0.125. The molecule has 0 aliphatic heterocycles. The molecular formula is C16H14N2O6. The van der Waals surface area contributed by atoms with Gasteiger partial charge < -0.3 is 15.9 Å². The predicted octanol–water partition coefficient (Wildman–Crippen LogP) is 1.91. The van der Waals surface area contributed by atoms with Crippen LogP contribution in [0.25, 0.3) is 11.1 Å². The summed E-state index contributed by atoms with van der Waals surface area (Å²) >= 11 is 0. The summed E-state index contributed by atoms with van der Waals surface area (Å²) in [5.74, 6) is -2.33. The van der Waals surface area contributed by atoms with Crippen LogP contribution in [-0.4, -0.2) is 33.1 Å². The number of rotatable bonds is 6. The van der Waals surface area contributed by atoms with Crippen molar-refractivity contribution in [1.82, 2.24) is 0 Å². The number of carbonyl (C=O) groups is 2. The van der Waals surface area contributed by atoms with Crippen molar-refractivity contribution in [3.05, 3.63) is 63.7 Å². The molecule has 0 saturated heterocycles. The van der Waals surface area contributed by atoms with Crippen molar-refractivity contribution in [2.75, 3.05) is 0 Å². The van der Waals surface area contributed by atoms with Gasteiger partial charge in [-0.25, -0.2) is 4.79 Å². The number of hydrogen-bond acceptors (Lipinski definition) is 5. The topological polar surface area (TPSA) is 144 Å². The number of benzene rings is 2. The maximum Gasteiger partial charge on any atom is 0.335 e. The maximum absolute atomic E-state index is 11.2. The SMILES string of the molecule is NC(Cc1ccc([N+](=O)[O-])c(-c2cccc(C(=O)O)c2)c1)C(=O)O. The molecule has 0 spiro atoms. The smallest absolute Gasteiger partial charge is 0.335 e. The van der Waals surface area contributed by atoms with Crippen LogP contribution in [0.3, 0.4) is 0 Å². The third kappa shape index (κ3) is 3.73. The second-order valence-corrected chi connectivity index (χ2v) is 5.14. The Balaban J connectivity index is 2.53. The molecule has 24 heavy (non-hydrogen) atoms. The summed E-state index contributed by atoms with van der Waals surface area (Å²) in [4.78, 5) is 32.6. The lowest BCUT2D eigenvalue weighted by molar-refractivity contribution is -0.384. The Morgan fingerprint density at radius 3 is 2.46 bits per heavy atom. The van der Waals surface area contributed by atoms with Gasteiger partial charge in [0.05, 0.1) is 16.1 Å². The van der Waals surface area contributed by atoms with Crippen molar-refractivity contribution in [3.63, 3.8) is 0 Å². The molecule has 0 aliphatic rings. The molecule has 0 saturated carbocycles. The van der Waals surface area contributed by atoms with Gasteiger partial charge in [-0.3, -0.25) is 14.9 Å². The van der Waals surface area contributed by atoms with Gasteiger partial charge in [0.25, 0.3) is 5.69 Å². The van der Waals surface area contributed by atoms with E-state index in [-0.39, 0.29) is 23.2 Å². The number of nitro benzene ring substituents is 1. The van der Waals surface area contributed by atoms with E-state index < -0.39 is 22.9 Å². The molecule has 0 fully saturated rings. The Bertz CT molecular complexity index is 818. The highest BCUT2D eigenvalue weighted by atomic mass is 16.6. The lowest BCUT2D eigenvalue weighted by Gasteiger charge is -2.10. The van der Waals surface area contributed by atoms with E-state index in [9.17, 15) is 19.7 Å². The van der Waals surface area contributed by atoms with Gasteiger partial charge in [-0.1, -0.05) is 18.2 Å². The Hall–Kier alpha value is -3.26. The van der Waals surface area contributed by atoms with Gasteiger partial charge in [-0.2, -0.15) is 0 Å². The zero-order chi connectivity index (χ0) is 17.9. The minimum Gasteiger partial charge on any atom is -0.480 e. The monoisotopic (exact) mass is 330 g/mol. The van der Waals surface area contributed by atoms with Crippen LogP contribution in [0.2, 0.25) is 0 Å². The number of carboxylic acid groups (broad SMARTS) is 2. The molecule has 0 heterocycles. The maximum atomic E-state index is 11.2. The van der Waals surface area contributed by atoms with E-state index in [0.717, 1.165) is 0 Å². The van der Waals surface area contributed by atoms with Crippen LogP contribution in [0.4, 0.5) is 5.69 Å². The van der Waals surface area contributed by atoms with Crippen LogP contribution < -0.4 is 5.73 Å². The molecule has 1 unspecified atom stereocenters. The predicted molar refractivity (Wildman–Crippen MR) is 84.8 cm³/mol. The number of hydrogen-bond donors (Lipinski definition) is 3. The van der Waals surface area contributed by atoms with E-state index in [1.165, 1.54) is 36.4 Å². The van der Waals surface area contributed by atoms with Crippen LogP contribution in [0.1, 0.15) is 15.9 Å². The molecule has 0 bridgehead atoms. The zero-order valence-corrected chi connectivity index (χ0v) is 12.4. The fourth-order valence-corrected chi connectivity index (χ4v) is 2.26. The quantitative estimate of drug-likeness (QED) is 0.542. The number of nitrogens with zero attached hydrogens (tertiary/aromatic N) is 1. The van der Waals surface area contributed by atoms with Crippen LogP contribution in [0.15, 0.2) is 42.5 Å². The van der Waals surface area contributed by atoms with Crippen LogP contribution in [-0.2, 0) is 11.2 Å². The van der Waals surface area contributed by atoms with E-state index in [0.29, 0.717) is 11.1 Å². The molecule has 1 atom stereocenters. The molecule has 0 aliphatic carbocycles. The van der Waals surface area contributed by atoms with E-state index in [4.69, 9.17) is 15.9 Å². The average Bonchev–Trinajstić information content (AvgIpc) is 2.54. The van der Waals surface area contributed by atoms with Gasteiger partial charge in [-0.15, -0.1) is 0 Å². The Kier molecular flexibility index (Phi) is 4.90. The highest BCUT2D eigenvalue weighted by Gasteiger charge is 2.19. The number of aromatic carboxylic acids is 1. The first-order chi connectivity index (χ1) is 11.3. The molecule has 2 aromatic carbocycles. The summed E-state index contributed by atoms with van der Waals surface area (Å²) < 4.78 is 0. The minimum atomic E-state index is -1.18. The van der Waals surface area contributed by atoms with Gasteiger partial charge >= 0.3 is 11.9 Å². The normalized spacial score (nSPS) is 11.7. The Labute approximate surface area is 136 Å². The minimum absolute atomic E-state index is 0.00104. The first-order valence-corrected chi connectivity index (χ1v) is 6.89. The molecule has 2 rings (SSSR count). The van der Waals surface area contributed by atoms with Crippen LogP contribution in [0.5, 0.6) is 0 Å². The van der Waals surface area contributed by atoms with Gasteiger partial charge in [-0.05, 0) is 35.7 Å². The van der Waals surface area contributed by atoms with Crippen LogP contribution in [0, 0.1) is 10.1 Å². The molecule has 4 N–H and O–H groups in total. The van der Waals surface area contributed by atoms with Crippen molar-refractivity contribution in [1.29, 1.82) is 0 Å². The van der Waals surface area contributed by atoms with Crippen LogP contribution >= 0.6 is 0 Å². The molecule has 8 nitrogen and oxygen atoms in total. The summed E-state index contributed by atoms with van der Waals surface area (Å²) in [5.41, 5.74) is 6.35. The summed E-state index contributed by atoms with van der Waals surface area (Å²) in [6, 6.07) is 8.76. The Morgan fingerprint density at radius 1 is 1.17 bits per heavy atom.